The lowest BCUT2D eigenvalue weighted by Crippen LogP contribution is -2.33. The summed E-state index contributed by atoms with van der Waals surface area (Å²) >= 11 is 0. The molecule has 1 aromatic carbocycles. The van der Waals surface area contributed by atoms with Crippen molar-refractivity contribution >= 4 is 0 Å². The van der Waals surface area contributed by atoms with Crippen molar-refractivity contribution in [3.8, 4) is 11.5 Å². The van der Waals surface area contributed by atoms with Crippen LogP contribution in [-0.4, -0.2) is 32.2 Å². The van der Waals surface area contributed by atoms with Gasteiger partial charge in [-0.2, -0.15) is 0 Å². The summed E-state index contributed by atoms with van der Waals surface area (Å²) in [5.74, 6) is 1.88. The molecule has 0 aliphatic carbocycles. The van der Waals surface area contributed by atoms with Gasteiger partial charge in [0.1, 0.15) is 11.5 Å². The summed E-state index contributed by atoms with van der Waals surface area (Å²) in [6.45, 7) is 4.50. The predicted molar refractivity (Wildman–Crippen MR) is 73.4 cm³/mol. The molecule has 1 heterocycles. The highest BCUT2D eigenvalue weighted by Gasteiger charge is 2.25. The van der Waals surface area contributed by atoms with Crippen LogP contribution in [0.4, 0.5) is 0 Å². The van der Waals surface area contributed by atoms with Gasteiger partial charge in [0.25, 0.3) is 0 Å². The Morgan fingerprint density at radius 2 is 2.06 bits per heavy atom. The Kier molecular flexibility index (Phi) is 4.48. The zero-order valence-electron chi connectivity index (χ0n) is 11.6. The average molecular weight is 249 g/mol. The molecule has 0 saturated carbocycles. The van der Waals surface area contributed by atoms with Gasteiger partial charge in [-0.3, -0.25) is 4.90 Å². The zero-order valence-corrected chi connectivity index (χ0v) is 11.6. The fourth-order valence-electron chi connectivity index (χ4n) is 2.82. The van der Waals surface area contributed by atoms with Crippen molar-refractivity contribution in [1.29, 1.82) is 0 Å². The smallest absolute Gasteiger partial charge is 0.123 e. The Morgan fingerprint density at radius 3 is 2.72 bits per heavy atom. The Bertz CT molecular complexity index is 392. The monoisotopic (exact) mass is 249 g/mol. The Balaban J connectivity index is 2.34. The number of hydrogen-bond acceptors (Lipinski definition) is 3. The van der Waals surface area contributed by atoms with Crippen LogP contribution in [0.3, 0.4) is 0 Å². The third-order valence-electron chi connectivity index (χ3n) is 3.82. The molecule has 1 aliphatic rings. The van der Waals surface area contributed by atoms with Gasteiger partial charge in [-0.1, -0.05) is 13.3 Å². The molecule has 1 fully saturated rings. The molecule has 3 heteroatoms. The molecule has 1 saturated heterocycles. The lowest BCUT2D eigenvalue weighted by atomic mass is 9.94. The lowest BCUT2D eigenvalue weighted by molar-refractivity contribution is 0.154. The first-order valence-electron chi connectivity index (χ1n) is 6.76. The van der Waals surface area contributed by atoms with Crippen LogP contribution in [-0.2, 0) is 0 Å². The summed E-state index contributed by atoms with van der Waals surface area (Å²) in [7, 11) is 3.45. The average Bonchev–Trinajstić information content (AvgIpc) is 2.46. The van der Waals surface area contributed by atoms with E-state index < -0.39 is 0 Å². The SMILES string of the molecule is CCN1CCCCC1c1cc(OC)ccc1OC. The second-order valence-electron chi connectivity index (χ2n) is 4.75. The fourth-order valence-corrected chi connectivity index (χ4v) is 2.82. The van der Waals surface area contributed by atoms with Gasteiger partial charge in [0.15, 0.2) is 0 Å². The van der Waals surface area contributed by atoms with E-state index in [-0.39, 0.29) is 0 Å². The number of piperidine rings is 1. The van der Waals surface area contributed by atoms with E-state index in [2.05, 4.69) is 17.9 Å². The molecule has 0 spiro atoms. The van der Waals surface area contributed by atoms with Crippen LogP contribution >= 0.6 is 0 Å². The van der Waals surface area contributed by atoms with Crippen LogP contribution in [0.15, 0.2) is 18.2 Å². The minimum absolute atomic E-state index is 0.466. The molecule has 1 aromatic rings. The molecule has 0 amide bonds. The summed E-state index contributed by atoms with van der Waals surface area (Å²) < 4.78 is 10.8. The minimum atomic E-state index is 0.466. The van der Waals surface area contributed by atoms with E-state index in [4.69, 9.17) is 9.47 Å². The highest BCUT2D eigenvalue weighted by molar-refractivity contribution is 5.42. The molecule has 1 aliphatic heterocycles. The Morgan fingerprint density at radius 1 is 1.22 bits per heavy atom. The standard InChI is InChI=1S/C15H23NO2/c1-4-16-10-6-5-7-14(16)13-11-12(17-2)8-9-15(13)18-3/h8-9,11,14H,4-7,10H2,1-3H3. The Hall–Kier alpha value is -1.22. The third kappa shape index (κ3) is 2.61. The van der Waals surface area contributed by atoms with Gasteiger partial charge in [0.05, 0.1) is 14.2 Å². The maximum Gasteiger partial charge on any atom is 0.123 e. The second kappa shape index (κ2) is 6.10. The van der Waals surface area contributed by atoms with Gasteiger partial charge in [-0.05, 0) is 44.1 Å². The van der Waals surface area contributed by atoms with Crippen LogP contribution in [0.25, 0.3) is 0 Å². The maximum absolute atomic E-state index is 5.51. The predicted octanol–water partition coefficient (Wildman–Crippen LogP) is 3.25. The van der Waals surface area contributed by atoms with Crippen LogP contribution in [0.5, 0.6) is 11.5 Å². The number of benzene rings is 1. The van der Waals surface area contributed by atoms with E-state index in [1.165, 1.54) is 31.4 Å². The first kappa shape index (κ1) is 13.2. The summed E-state index contributed by atoms with van der Waals surface area (Å²) in [5, 5.41) is 0. The quantitative estimate of drug-likeness (QED) is 0.817. The van der Waals surface area contributed by atoms with E-state index in [9.17, 15) is 0 Å². The third-order valence-corrected chi connectivity index (χ3v) is 3.82. The summed E-state index contributed by atoms with van der Waals surface area (Å²) in [5.41, 5.74) is 1.26. The highest BCUT2D eigenvalue weighted by atomic mass is 16.5. The van der Waals surface area contributed by atoms with Gasteiger partial charge in [0, 0.05) is 11.6 Å². The van der Waals surface area contributed by atoms with Gasteiger partial charge >= 0.3 is 0 Å². The molecule has 100 valence electrons. The molecule has 0 N–H and O–H groups in total. The van der Waals surface area contributed by atoms with Crippen molar-refractivity contribution in [2.75, 3.05) is 27.3 Å². The van der Waals surface area contributed by atoms with Gasteiger partial charge in [-0.25, -0.2) is 0 Å². The number of methoxy groups -OCH3 is 2. The number of hydrogen-bond donors (Lipinski definition) is 0. The summed E-state index contributed by atoms with van der Waals surface area (Å²) in [6.07, 6.45) is 3.80. The van der Waals surface area contributed by atoms with Crippen molar-refractivity contribution in [3.05, 3.63) is 23.8 Å². The zero-order chi connectivity index (χ0) is 13.0. The van der Waals surface area contributed by atoms with Gasteiger partial charge in [-0.15, -0.1) is 0 Å². The molecular formula is C15H23NO2. The molecular weight excluding hydrogens is 226 g/mol. The molecule has 0 radical (unpaired) electrons. The molecule has 3 nitrogen and oxygen atoms in total. The minimum Gasteiger partial charge on any atom is -0.497 e. The van der Waals surface area contributed by atoms with Crippen molar-refractivity contribution < 1.29 is 9.47 Å². The van der Waals surface area contributed by atoms with Crippen molar-refractivity contribution in [3.63, 3.8) is 0 Å². The second-order valence-corrected chi connectivity index (χ2v) is 4.75. The molecule has 0 aromatic heterocycles. The molecule has 2 rings (SSSR count). The van der Waals surface area contributed by atoms with E-state index in [0.717, 1.165) is 18.0 Å². The highest BCUT2D eigenvalue weighted by Crippen LogP contribution is 2.37. The number of likely N-dealkylation sites (tertiary alicyclic amines) is 1. The van der Waals surface area contributed by atoms with Crippen LogP contribution in [0.2, 0.25) is 0 Å². The summed E-state index contributed by atoms with van der Waals surface area (Å²) in [6, 6.07) is 6.56. The number of rotatable bonds is 4. The topological polar surface area (TPSA) is 21.7 Å². The Labute approximate surface area is 110 Å². The molecule has 1 unspecified atom stereocenters. The summed E-state index contributed by atoms with van der Waals surface area (Å²) in [4.78, 5) is 2.53. The lowest BCUT2D eigenvalue weighted by Gasteiger charge is -2.35. The normalized spacial score (nSPS) is 20.7. The van der Waals surface area contributed by atoms with Crippen LogP contribution in [0.1, 0.15) is 37.8 Å². The van der Waals surface area contributed by atoms with Gasteiger partial charge in [0.2, 0.25) is 0 Å². The van der Waals surface area contributed by atoms with Crippen molar-refractivity contribution in [1.82, 2.24) is 4.90 Å². The van der Waals surface area contributed by atoms with Crippen molar-refractivity contribution in [2.24, 2.45) is 0 Å². The van der Waals surface area contributed by atoms with Crippen LogP contribution < -0.4 is 9.47 Å². The van der Waals surface area contributed by atoms with Crippen molar-refractivity contribution in [2.45, 2.75) is 32.2 Å². The number of nitrogens with zero attached hydrogens (tertiary/aromatic N) is 1. The fraction of sp³-hybridized carbons (Fsp3) is 0.600. The largest absolute Gasteiger partial charge is 0.497 e. The molecule has 1 atom stereocenters. The first-order chi connectivity index (χ1) is 8.80. The molecule has 0 bridgehead atoms. The van der Waals surface area contributed by atoms with Crippen LogP contribution in [0, 0.1) is 0 Å². The van der Waals surface area contributed by atoms with E-state index in [0.29, 0.717) is 6.04 Å². The van der Waals surface area contributed by atoms with E-state index in [1.54, 1.807) is 14.2 Å². The maximum atomic E-state index is 5.51. The van der Waals surface area contributed by atoms with E-state index >= 15 is 0 Å². The molecule has 18 heavy (non-hydrogen) atoms. The first-order valence-corrected chi connectivity index (χ1v) is 6.76. The van der Waals surface area contributed by atoms with Gasteiger partial charge < -0.3 is 9.47 Å². The number of ether oxygens (including phenoxy) is 2. The van der Waals surface area contributed by atoms with E-state index in [1.807, 2.05) is 12.1 Å².